The smallest absolute Gasteiger partial charge is 0.0680 e. The van der Waals surface area contributed by atoms with Crippen LogP contribution in [-0.2, 0) is 0 Å². The summed E-state index contributed by atoms with van der Waals surface area (Å²) in [6, 6.07) is 2.10. The van der Waals surface area contributed by atoms with Gasteiger partial charge in [0, 0.05) is 5.41 Å². The Labute approximate surface area is 53.3 Å². The van der Waals surface area contributed by atoms with Crippen LogP contribution in [0.25, 0.3) is 0 Å². The fourth-order valence-corrected chi connectivity index (χ4v) is 0. The van der Waals surface area contributed by atoms with Crippen molar-refractivity contribution in [3.8, 4) is 6.07 Å². The standard InChI is InChI=1S/C5H9N.2CH4/c1-5(2,3)4-6;;/h1-3H3;2*1H4. The number of nitrogens with zero attached hydrogens (tertiary/aromatic N) is 1. The molecule has 0 unspecified atom stereocenters. The molecule has 0 bridgehead atoms. The highest BCUT2D eigenvalue weighted by atomic mass is 14.3. The van der Waals surface area contributed by atoms with Crippen LogP contribution in [0.2, 0.25) is 0 Å². The Kier molecular flexibility index (Phi) is 9.08. The molecule has 0 aromatic rings. The van der Waals surface area contributed by atoms with E-state index in [2.05, 4.69) is 6.07 Å². The van der Waals surface area contributed by atoms with Gasteiger partial charge in [0.15, 0.2) is 0 Å². The van der Waals surface area contributed by atoms with Gasteiger partial charge in [0.05, 0.1) is 6.07 Å². The molecule has 50 valence electrons. The van der Waals surface area contributed by atoms with Crippen molar-refractivity contribution in [1.82, 2.24) is 0 Å². The summed E-state index contributed by atoms with van der Waals surface area (Å²) in [4.78, 5) is 0. The highest BCUT2D eigenvalue weighted by molar-refractivity contribution is 4.86. The van der Waals surface area contributed by atoms with Crippen LogP contribution < -0.4 is 0 Å². The van der Waals surface area contributed by atoms with Gasteiger partial charge in [-0.3, -0.25) is 0 Å². The first-order valence-corrected chi connectivity index (χ1v) is 1.97. The van der Waals surface area contributed by atoms with Crippen molar-refractivity contribution in [1.29, 1.82) is 5.26 Å². The first-order chi connectivity index (χ1) is 2.56. The van der Waals surface area contributed by atoms with E-state index >= 15 is 0 Å². The van der Waals surface area contributed by atoms with Crippen molar-refractivity contribution >= 4 is 0 Å². The van der Waals surface area contributed by atoms with Crippen LogP contribution in [0.15, 0.2) is 0 Å². The molecule has 0 saturated heterocycles. The maximum absolute atomic E-state index is 8.15. The second kappa shape index (κ2) is 4.64. The van der Waals surface area contributed by atoms with E-state index in [4.69, 9.17) is 5.26 Å². The van der Waals surface area contributed by atoms with Crippen LogP contribution in [0.1, 0.15) is 35.6 Å². The summed E-state index contributed by atoms with van der Waals surface area (Å²) in [6.45, 7) is 5.65. The minimum atomic E-state index is -0.153. The normalized spacial score (nSPS) is 7.75. The summed E-state index contributed by atoms with van der Waals surface area (Å²) in [5.41, 5.74) is -0.153. The lowest BCUT2D eigenvalue weighted by Crippen LogP contribution is -1.97. The third-order valence-corrected chi connectivity index (χ3v) is 0.335. The van der Waals surface area contributed by atoms with Crippen LogP contribution in [0, 0.1) is 16.7 Å². The Morgan fingerprint density at radius 2 is 1.25 bits per heavy atom. The van der Waals surface area contributed by atoms with Crippen molar-refractivity contribution in [2.45, 2.75) is 35.6 Å². The molecule has 0 saturated carbocycles. The maximum Gasteiger partial charge on any atom is 0.0680 e. The number of nitriles is 1. The lowest BCUT2D eigenvalue weighted by molar-refractivity contribution is 0.561. The van der Waals surface area contributed by atoms with E-state index in [1.54, 1.807) is 0 Å². The Balaban J connectivity index is -0.000000125. The van der Waals surface area contributed by atoms with Crippen LogP contribution >= 0.6 is 0 Å². The van der Waals surface area contributed by atoms with Gasteiger partial charge >= 0.3 is 0 Å². The molecule has 0 atom stereocenters. The van der Waals surface area contributed by atoms with E-state index in [1.165, 1.54) is 0 Å². The summed E-state index contributed by atoms with van der Waals surface area (Å²) < 4.78 is 0. The second-order valence-corrected chi connectivity index (χ2v) is 2.36. The molecule has 1 heteroatoms. The molecule has 0 spiro atoms. The van der Waals surface area contributed by atoms with Gasteiger partial charge < -0.3 is 0 Å². The lowest BCUT2D eigenvalue weighted by atomic mass is 10.0. The van der Waals surface area contributed by atoms with Crippen LogP contribution in [-0.4, -0.2) is 0 Å². The van der Waals surface area contributed by atoms with E-state index in [0.29, 0.717) is 0 Å². The summed E-state index contributed by atoms with van der Waals surface area (Å²) in [5, 5.41) is 8.15. The van der Waals surface area contributed by atoms with Gasteiger partial charge in [-0.15, -0.1) is 0 Å². The van der Waals surface area contributed by atoms with E-state index in [9.17, 15) is 0 Å². The van der Waals surface area contributed by atoms with E-state index in [0.717, 1.165) is 0 Å². The fourth-order valence-electron chi connectivity index (χ4n) is 0. The molecule has 0 aliphatic carbocycles. The van der Waals surface area contributed by atoms with Gasteiger partial charge in [-0.05, 0) is 20.8 Å². The van der Waals surface area contributed by atoms with Crippen LogP contribution in [0.4, 0.5) is 0 Å². The van der Waals surface area contributed by atoms with Crippen molar-refractivity contribution in [3.63, 3.8) is 0 Å². The Bertz CT molecular complexity index is 71.4. The summed E-state index contributed by atoms with van der Waals surface area (Å²) in [5.74, 6) is 0. The monoisotopic (exact) mass is 115 g/mol. The zero-order chi connectivity index (χ0) is 5.21. The molecule has 1 nitrogen and oxygen atoms in total. The van der Waals surface area contributed by atoms with Crippen LogP contribution in [0.3, 0.4) is 0 Å². The molecule has 8 heavy (non-hydrogen) atoms. The topological polar surface area (TPSA) is 23.8 Å². The zero-order valence-corrected chi connectivity index (χ0v) is 4.45. The van der Waals surface area contributed by atoms with E-state index in [-0.39, 0.29) is 20.3 Å². The third kappa shape index (κ3) is 17.9. The van der Waals surface area contributed by atoms with Crippen molar-refractivity contribution in [3.05, 3.63) is 0 Å². The molecule has 0 aliphatic heterocycles. The molecule has 0 amide bonds. The summed E-state index contributed by atoms with van der Waals surface area (Å²) in [7, 11) is 0. The van der Waals surface area contributed by atoms with E-state index < -0.39 is 0 Å². The molecule has 0 radical (unpaired) electrons. The number of hydrogen-bond donors (Lipinski definition) is 0. The maximum atomic E-state index is 8.15. The minimum absolute atomic E-state index is 0. The second-order valence-electron chi connectivity index (χ2n) is 2.36. The highest BCUT2D eigenvalue weighted by Crippen LogP contribution is 2.08. The molecule has 0 aromatic heterocycles. The number of rotatable bonds is 0. The van der Waals surface area contributed by atoms with Crippen molar-refractivity contribution in [2.75, 3.05) is 0 Å². The minimum Gasteiger partial charge on any atom is -0.198 e. The highest BCUT2D eigenvalue weighted by Gasteiger charge is 2.04. The molecule has 0 N–H and O–H groups in total. The number of hydrogen-bond acceptors (Lipinski definition) is 1. The molecular formula is C7H17N. The predicted molar refractivity (Wildman–Crippen MR) is 38.5 cm³/mol. The Hall–Kier alpha value is -0.510. The average molecular weight is 115 g/mol. The summed E-state index contributed by atoms with van der Waals surface area (Å²) in [6.07, 6.45) is 0. The Morgan fingerprint density at radius 1 is 1.12 bits per heavy atom. The van der Waals surface area contributed by atoms with E-state index in [1.807, 2.05) is 20.8 Å². The Morgan fingerprint density at radius 3 is 1.25 bits per heavy atom. The first-order valence-electron chi connectivity index (χ1n) is 1.97. The molecule has 0 rings (SSSR count). The summed E-state index contributed by atoms with van der Waals surface area (Å²) >= 11 is 0. The third-order valence-electron chi connectivity index (χ3n) is 0.335. The van der Waals surface area contributed by atoms with Gasteiger partial charge in [-0.1, -0.05) is 14.9 Å². The molecule has 0 aromatic carbocycles. The molecule has 0 aliphatic rings. The molecule has 0 fully saturated rings. The quantitative estimate of drug-likeness (QED) is 0.476. The van der Waals surface area contributed by atoms with Crippen molar-refractivity contribution < 1.29 is 0 Å². The molecular weight excluding hydrogens is 98.1 g/mol. The fraction of sp³-hybridized carbons (Fsp3) is 0.857. The van der Waals surface area contributed by atoms with Gasteiger partial charge in [-0.25, -0.2) is 0 Å². The average Bonchev–Trinajstić information content (AvgIpc) is 1.35. The molecule has 0 heterocycles. The zero-order valence-electron chi connectivity index (χ0n) is 4.45. The SMILES string of the molecule is C.C.CC(C)(C)C#N. The van der Waals surface area contributed by atoms with Gasteiger partial charge in [0.25, 0.3) is 0 Å². The van der Waals surface area contributed by atoms with Gasteiger partial charge in [0.2, 0.25) is 0 Å². The van der Waals surface area contributed by atoms with Gasteiger partial charge in [-0.2, -0.15) is 5.26 Å². The lowest BCUT2D eigenvalue weighted by Gasteiger charge is -2.01. The van der Waals surface area contributed by atoms with Gasteiger partial charge in [0.1, 0.15) is 0 Å². The predicted octanol–water partition coefficient (Wildman–Crippen LogP) is 2.83. The van der Waals surface area contributed by atoms with Crippen LogP contribution in [0.5, 0.6) is 0 Å². The van der Waals surface area contributed by atoms with Crippen molar-refractivity contribution in [2.24, 2.45) is 5.41 Å². The first kappa shape index (κ1) is 15.6. The largest absolute Gasteiger partial charge is 0.198 e.